The van der Waals surface area contributed by atoms with Crippen LogP contribution in [-0.4, -0.2) is 47.3 Å². The molecule has 8 heteroatoms. The average molecular weight is 397 g/mol. The van der Waals surface area contributed by atoms with Crippen molar-refractivity contribution in [3.63, 3.8) is 0 Å². The Labute approximate surface area is 168 Å². The summed E-state index contributed by atoms with van der Waals surface area (Å²) in [4.78, 5) is 34.1. The summed E-state index contributed by atoms with van der Waals surface area (Å²) in [5.41, 5.74) is 2.33. The van der Waals surface area contributed by atoms with Gasteiger partial charge in [-0.1, -0.05) is 6.08 Å². The van der Waals surface area contributed by atoms with Crippen molar-refractivity contribution in [2.24, 2.45) is 0 Å². The lowest BCUT2D eigenvalue weighted by Crippen LogP contribution is -2.26. The monoisotopic (exact) mass is 397 g/mol. The average Bonchev–Trinajstić information content (AvgIpc) is 3.00. The highest BCUT2D eigenvalue weighted by Crippen LogP contribution is 2.28. The topological polar surface area (TPSA) is 105 Å². The first-order valence-electron chi connectivity index (χ1n) is 9.16. The number of carbonyl (C=O) groups excluding carboxylic acids is 2. The zero-order valence-corrected chi connectivity index (χ0v) is 16.5. The predicted molar refractivity (Wildman–Crippen MR) is 108 cm³/mol. The van der Waals surface area contributed by atoms with E-state index in [1.165, 1.54) is 20.3 Å². The van der Waals surface area contributed by atoms with Gasteiger partial charge in [-0.05, 0) is 43.7 Å². The third-order valence-electron chi connectivity index (χ3n) is 4.48. The van der Waals surface area contributed by atoms with Crippen LogP contribution in [-0.2, 0) is 25.5 Å². The molecular formula is C21H23N3O5. The molecule has 0 amide bonds. The Morgan fingerprint density at radius 3 is 2.66 bits per heavy atom. The standard InChI is InChI=1S/C21H23N3O5/c1-13(25)7-10-18-22-16-9-8-14(12-17(16)23-18)24-11-5-4-6-15(20(26)28-2)19(24)21(27)29-3/h4-6,8-9,11-13,25H,7,10H2,1-3H3,(H,22,23). The molecule has 0 fully saturated rings. The number of ether oxygens (including phenoxy) is 2. The summed E-state index contributed by atoms with van der Waals surface area (Å²) in [6.07, 6.45) is 7.36. The lowest BCUT2D eigenvalue weighted by atomic mass is 10.1. The number of imidazole rings is 1. The fourth-order valence-electron chi connectivity index (χ4n) is 3.03. The van der Waals surface area contributed by atoms with Gasteiger partial charge in [-0.2, -0.15) is 0 Å². The van der Waals surface area contributed by atoms with Crippen LogP contribution in [0.3, 0.4) is 0 Å². The molecular weight excluding hydrogens is 374 g/mol. The number of fused-ring (bicyclic) bond motifs is 1. The molecule has 1 aliphatic rings. The van der Waals surface area contributed by atoms with Gasteiger partial charge in [0.1, 0.15) is 11.5 Å². The van der Waals surface area contributed by atoms with Gasteiger partial charge in [-0.25, -0.2) is 14.6 Å². The van der Waals surface area contributed by atoms with Gasteiger partial charge in [0.25, 0.3) is 0 Å². The van der Waals surface area contributed by atoms with E-state index in [1.54, 1.807) is 36.2 Å². The van der Waals surface area contributed by atoms with Gasteiger partial charge in [-0.15, -0.1) is 0 Å². The number of carbonyl (C=O) groups is 2. The maximum absolute atomic E-state index is 12.5. The van der Waals surface area contributed by atoms with Crippen molar-refractivity contribution in [2.75, 3.05) is 19.1 Å². The molecule has 0 radical (unpaired) electrons. The lowest BCUT2D eigenvalue weighted by Gasteiger charge is -2.23. The molecule has 1 aromatic heterocycles. The highest BCUT2D eigenvalue weighted by molar-refractivity contribution is 6.05. The number of hydrogen-bond acceptors (Lipinski definition) is 7. The van der Waals surface area contributed by atoms with Crippen LogP contribution in [0.5, 0.6) is 0 Å². The van der Waals surface area contributed by atoms with Crippen LogP contribution in [0, 0.1) is 0 Å². The molecule has 1 atom stereocenters. The van der Waals surface area contributed by atoms with Crippen molar-refractivity contribution >= 4 is 28.7 Å². The number of benzene rings is 1. The molecule has 0 saturated carbocycles. The van der Waals surface area contributed by atoms with Gasteiger partial charge >= 0.3 is 11.9 Å². The molecule has 1 unspecified atom stereocenters. The molecule has 2 N–H and O–H groups in total. The van der Waals surface area contributed by atoms with Gasteiger partial charge in [-0.3, -0.25) is 0 Å². The second-order valence-corrected chi connectivity index (χ2v) is 6.59. The van der Waals surface area contributed by atoms with Crippen LogP contribution in [0.1, 0.15) is 19.2 Å². The van der Waals surface area contributed by atoms with E-state index in [2.05, 4.69) is 9.97 Å². The normalized spacial score (nSPS) is 14.8. The number of aromatic amines is 1. The van der Waals surface area contributed by atoms with Crippen LogP contribution in [0.4, 0.5) is 5.69 Å². The fourth-order valence-corrected chi connectivity index (χ4v) is 3.03. The Balaban J connectivity index is 2.05. The minimum Gasteiger partial charge on any atom is -0.465 e. The Morgan fingerprint density at radius 1 is 1.21 bits per heavy atom. The SMILES string of the molecule is COC(=O)C1=C(C(=O)OC)N(c2ccc3nc(CCC(C)O)[nH]c3c2)C=CC=C1. The van der Waals surface area contributed by atoms with Crippen molar-refractivity contribution in [2.45, 2.75) is 25.9 Å². The van der Waals surface area contributed by atoms with Crippen molar-refractivity contribution in [1.29, 1.82) is 0 Å². The summed E-state index contributed by atoms with van der Waals surface area (Å²) in [7, 11) is 2.51. The maximum Gasteiger partial charge on any atom is 0.355 e. The first-order valence-corrected chi connectivity index (χ1v) is 9.16. The Hall–Kier alpha value is -3.39. The Bertz CT molecular complexity index is 1020. The molecule has 2 heterocycles. The Kier molecular flexibility index (Phi) is 6.13. The Morgan fingerprint density at radius 2 is 1.97 bits per heavy atom. The molecule has 1 aromatic carbocycles. The van der Waals surface area contributed by atoms with Gasteiger partial charge in [0.15, 0.2) is 0 Å². The van der Waals surface area contributed by atoms with E-state index in [0.29, 0.717) is 18.5 Å². The summed E-state index contributed by atoms with van der Waals surface area (Å²) in [6.45, 7) is 1.74. The summed E-state index contributed by atoms with van der Waals surface area (Å²) in [5, 5.41) is 9.48. The first-order chi connectivity index (χ1) is 13.9. The third-order valence-corrected chi connectivity index (χ3v) is 4.48. The van der Waals surface area contributed by atoms with Gasteiger partial charge in [0, 0.05) is 18.3 Å². The van der Waals surface area contributed by atoms with Crippen LogP contribution in [0.25, 0.3) is 11.0 Å². The van der Waals surface area contributed by atoms with Crippen molar-refractivity contribution in [1.82, 2.24) is 9.97 Å². The van der Waals surface area contributed by atoms with E-state index >= 15 is 0 Å². The number of nitrogens with one attached hydrogen (secondary N) is 1. The number of aromatic nitrogens is 2. The minimum absolute atomic E-state index is 0.0533. The smallest absolute Gasteiger partial charge is 0.355 e. The lowest BCUT2D eigenvalue weighted by molar-refractivity contribution is -0.139. The van der Waals surface area contributed by atoms with E-state index in [-0.39, 0.29) is 11.3 Å². The number of esters is 2. The van der Waals surface area contributed by atoms with E-state index < -0.39 is 18.0 Å². The number of aliphatic hydroxyl groups is 1. The zero-order chi connectivity index (χ0) is 21.0. The largest absolute Gasteiger partial charge is 0.465 e. The number of aryl methyl sites for hydroxylation is 1. The number of nitrogens with zero attached hydrogens (tertiary/aromatic N) is 2. The highest BCUT2D eigenvalue weighted by Gasteiger charge is 2.27. The maximum atomic E-state index is 12.5. The quantitative estimate of drug-likeness (QED) is 0.721. The van der Waals surface area contributed by atoms with E-state index in [0.717, 1.165) is 16.9 Å². The van der Waals surface area contributed by atoms with Gasteiger partial charge in [0.2, 0.25) is 0 Å². The summed E-state index contributed by atoms with van der Waals surface area (Å²) in [6, 6.07) is 5.46. The zero-order valence-electron chi connectivity index (χ0n) is 16.5. The molecule has 0 aliphatic carbocycles. The van der Waals surface area contributed by atoms with Crippen molar-refractivity contribution < 1.29 is 24.2 Å². The van der Waals surface area contributed by atoms with E-state index in [4.69, 9.17) is 9.47 Å². The van der Waals surface area contributed by atoms with E-state index in [9.17, 15) is 14.7 Å². The second kappa shape index (κ2) is 8.74. The summed E-state index contributed by atoms with van der Waals surface area (Å²) < 4.78 is 9.74. The molecule has 2 aromatic rings. The molecule has 0 bridgehead atoms. The number of hydrogen-bond donors (Lipinski definition) is 2. The fraction of sp³-hybridized carbons (Fsp3) is 0.286. The number of anilines is 1. The molecule has 8 nitrogen and oxygen atoms in total. The predicted octanol–water partition coefficient (Wildman–Crippen LogP) is 2.37. The number of methoxy groups -OCH3 is 2. The molecule has 1 aliphatic heterocycles. The molecule has 3 rings (SSSR count). The molecule has 0 saturated heterocycles. The molecule has 0 spiro atoms. The van der Waals surface area contributed by atoms with Gasteiger partial charge < -0.3 is 24.5 Å². The molecule has 29 heavy (non-hydrogen) atoms. The number of H-pyrrole nitrogens is 1. The van der Waals surface area contributed by atoms with E-state index in [1.807, 2.05) is 12.1 Å². The van der Waals surface area contributed by atoms with Crippen molar-refractivity contribution in [3.05, 3.63) is 59.7 Å². The third kappa shape index (κ3) is 4.38. The van der Waals surface area contributed by atoms with Gasteiger partial charge in [0.05, 0.1) is 36.9 Å². The van der Waals surface area contributed by atoms with Crippen molar-refractivity contribution in [3.8, 4) is 0 Å². The summed E-state index contributed by atoms with van der Waals surface area (Å²) >= 11 is 0. The first kappa shape index (κ1) is 20.3. The summed E-state index contributed by atoms with van der Waals surface area (Å²) in [5.74, 6) is -0.535. The highest BCUT2D eigenvalue weighted by atomic mass is 16.5. The number of allylic oxidation sites excluding steroid dienone is 2. The number of aliphatic hydroxyl groups excluding tert-OH is 1. The molecule has 152 valence electrons. The van der Waals surface area contributed by atoms with Crippen LogP contribution < -0.4 is 4.90 Å². The van der Waals surface area contributed by atoms with Crippen LogP contribution in [0.15, 0.2) is 53.9 Å². The minimum atomic E-state index is -0.663. The number of rotatable bonds is 6. The van der Waals surface area contributed by atoms with Crippen LogP contribution in [0.2, 0.25) is 0 Å². The van der Waals surface area contributed by atoms with Crippen LogP contribution >= 0.6 is 0 Å². The second-order valence-electron chi connectivity index (χ2n) is 6.59.